The molecule has 0 spiro atoms. The van der Waals surface area contributed by atoms with Crippen LogP contribution in [0.15, 0.2) is 43.0 Å². The zero-order valence-corrected chi connectivity index (χ0v) is 16.4. The van der Waals surface area contributed by atoms with E-state index in [9.17, 15) is 14.4 Å². The summed E-state index contributed by atoms with van der Waals surface area (Å²) in [5.74, 6) is -1.07. The average Bonchev–Trinajstić information content (AvgIpc) is 2.94. The van der Waals surface area contributed by atoms with Crippen LogP contribution in [0, 0.1) is 6.92 Å². The largest absolute Gasteiger partial charge is 0.449 e. The van der Waals surface area contributed by atoms with Gasteiger partial charge in [-0.2, -0.15) is 0 Å². The third-order valence-electron chi connectivity index (χ3n) is 3.56. The van der Waals surface area contributed by atoms with E-state index in [1.165, 1.54) is 31.9 Å². The van der Waals surface area contributed by atoms with E-state index >= 15 is 0 Å². The Hall–Kier alpha value is -2.46. The molecule has 0 bridgehead atoms. The normalized spacial score (nSPS) is 15.1. The van der Waals surface area contributed by atoms with Crippen LogP contribution < -0.4 is 0 Å². The molecule has 3 heterocycles. The summed E-state index contributed by atoms with van der Waals surface area (Å²) >= 11 is 4.58. The molecule has 0 N–H and O–H groups in total. The molecule has 26 heavy (non-hydrogen) atoms. The molecule has 1 fully saturated rings. The molecule has 2 aromatic heterocycles. The minimum atomic E-state index is -0.679. The molecule has 10 heteroatoms. The SMILES string of the molecule is Cc1ccnc(Sc2oc(C=C3C(=O)N(C)C(=O)N(C)C3=O)cc2Br)n1. The summed E-state index contributed by atoms with van der Waals surface area (Å²) < 4.78 is 6.32. The second kappa shape index (κ2) is 7.04. The molecule has 1 aliphatic heterocycles. The number of hydrogen-bond donors (Lipinski definition) is 0. The van der Waals surface area contributed by atoms with E-state index in [2.05, 4.69) is 25.9 Å². The Bertz CT molecular complexity index is 929. The highest BCUT2D eigenvalue weighted by Crippen LogP contribution is 2.35. The molecule has 0 radical (unpaired) electrons. The molecule has 3 rings (SSSR count). The number of urea groups is 1. The standard InChI is InChI=1S/C16H13BrN4O4S/c1-8-4-5-18-15(19-8)26-14-11(17)7-9(25-14)6-10-12(22)20(2)16(24)21(3)13(10)23/h4-7H,1-3H3. The maximum atomic E-state index is 12.2. The van der Waals surface area contributed by atoms with Gasteiger partial charge < -0.3 is 4.42 Å². The van der Waals surface area contributed by atoms with Crippen LogP contribution in [0.25, 0.3) is 6.08 Å². The summed E-state index contributed by atoms with van der Waals surface area (Å²) in [6.45, 7) is 1.85. The quantitative estimate of drug-likeness (QED) is 0.414. The van der Waals surface area contributed by atoms with Gasteiger partial charge in [-0.15, -0.1) is 0 Å². The summed E-state index contributed by atoms with van der Waals surface area (Å²) in [6, 6.07) is 2.74. The van der Waals surface area contributed by atoms with Crippen molar-refractivity contribution in [2.24, 2.45) is 0 Å². The Labute approximate surface area is 161 Å². The number of carbonyl (C=O) groups is 3. The number of amides is 4. The maximum absolute atomic E-state index is 12.2. The Balaban J connectivity index is 1.91. The van der Waals surface area contributed by atoms with Crippen LogP contribution in [0.2, 0.25) is 0 Å². The van der Waals surface area contributed by atoms with Crippen molar-refractivity contribution in [1.29, 1.82) is 0 Å². The lowest BCUT2D eigenvalue weighted by molar-refractivity contribution is -0.134. The third-order valence-corrected chi connectivity index (χ3v) is 5.28. The Morgan fingerprint density at radius 3 is 2.46 bits per heavy atom. The molecule has 1 saturated heterocycles. The molecule has 0 unspecified atom stereocenters. The molecule has 4 amide bonds. The number of rotatable bonds is 3. The number of aromatic nitrogens is 2. The van der Waals surface area contributed by atoms with Crippen LogP contribution in [-0.2, 0) is 9.59 Å². The van der Waals surface area contributed by atoms with Gasteiger partial charge in [0, 0.05) is 26.0 Å². The van der Waals surface area contributed by atoms with Gasteiger partial charge >= 0.3 is 6.03 Å². The molecule has 0 aliphatic carbocycles. The van der Waals surface area contributed by atoms with Crippen molar-refractivity contribution in [1.82, 2.24) is 19.8 Å². The first-order chi connectivity index (χ1) is 12.3. The van der Waals surface area contributed by atoms with Gasteiger partial charge in [0.25, 0.3) is 11.8 Å². The monoisotopic (exact) mass is 436 g/mol. The number of likely N-dealkylation sites (N-methyl/N-ethyl adjacent to an activating group) is 2. The summed E-state index contributed by atoms with van der Waals surface area (Å²) in [7, 11) is 2.63. The van der Waals surface area contributed by atoms with Crippen molar-refractivity contribution in [3.8, 4) is 0 Å². The zero-order valence-electron chi connectivity index (χ0n) is 14.0. The van der Waals surface area contributed by atoms with Crippen LogP contribution in [0.3, 0.4) is 0 Å². The Morgan fingerprint density at radius 2 is 1.85 bits per heavy atom. The van der Waals surface area contributed by atoms with E-state index < -0.39 is 17.8 Å². The highest BCUT2D eigenvalue weighted by Gasteiger charge is 2.38. The van der Waals surface area contributed by atoms with Gasteiger partial charge in [-0.3, -0.25) is 19.4 Å². The zero-order chi connectivity index (χ0) is 19.0. The van der Waals surface area contributed by atoms with Crippen molar-refractivity contribution in [3.05, 3.63) is 39.8 Å². The van der Waals surface area contributed by atoms with Crippen LogP contribution >= 0.6 is 27.7 Å². The smallest absolute Gasteiger partial charge is 0.333 e. The third kappa shape index (κ3) is 3.42. The molecule has 1 aliphatic rings. The fraction of sp³-hybridized carbons (Fsp3) is 0.188. The first-order valence-corrected chi connectivity index (χ1v) is 8.97. The van der Waals surface area contributed by atoms with Gasteiger partial charge in [-0.25, -0.2) is 14.8 Å². The topological polar surface area (TPSA) is 96.6 Å². The molecule has 2 aromatic rings. The van der Waals surface area contributed by atoms with Crippen molar-refractivity contribution in [2.75, 3.05) is 14.1 Å². The fourth-order valence-corrected chi connectivity index (χ4v) is 3.50. The molecular formula is C16H13BrN4O4S. The van der Waals surface area contributed by atoms with Gasteiger partial charge in [0.15, 0.2) is 10.2 Å². The second-order valence-electron chi connectivity index (χ2n) is 5.44. The number of aryl methyl sites for hydroxylation is 1. The number of imide groups is 2. The van der Waals surface area contributed by atoms with Gasteiger partial charge in [-0.05, 0) is 52.8 Å². The van der Waals surface area contributed by atoms with Crippen LogP contribution in [0.1, 0.15) is 11.5 Å². The molecule has 8 nitrogen and oxygen atoms in total. The van der Waals surface area contributed by atoms with Crippen LogP contribution in [0.5, 0.6) is 0 Å². The molecule has 0 aromatic carbocycles. The lowest BCUT2D eigenvalue weighted by Crippen LogP contribution is -2.52. The first kappa shape index (κ1) is 18.3. The summed E-state index contributed by atoms with van der Waals surface area (Å²) in [4.78, 5) is 46.4. The molecule has 134 valence electrons. The van der Waals surface area contributed by atoms with Gasteiger partial charge in [0.05, 0.1) is 4.47 Å². The van der Waals surface area contributed by atoms with Crippen LogP contribution in [-0.4, -0.2) is 51.7 Å². The fourth-order valence-electron chi connectivity index (χ4n) is 2.19. The molecule has 0 saturated carbocycles. The van der Waals surface area contributed by atoms with Crippen molar-refractivity contribution in [3.63, 3.8) is 0 Å². The van der Waals surface area contributed by atoms with Gasteiger partial charge in [0.1, 0.15) is 11.3 Å². The minimum Gasteiger partial charge on any atom is -0.449 e. The summed E-state index contributed by atoms with van der Waals surface area (Å²) in [5, 5.41) is 0.991. The predicted octanol–water partition coefficient (Wildman–Crippen LogP) is 2.73. The van der Waals surface area contributed by atoms with E-state index in [1.54, 1.807) is 18.3 Å². The van der Waals surface area contributed by atoms with Gasteiger partial charge in [0.2, 0.25) is 0 Å². The van der Waals surface area contributed by atoms with E-state index in [1.807, 2.05) is 6.92 Å². The van der Waals surface area contributed by atoms with E-state index in [-0.39, 0.29) is 5.57 Å². The average molecular weight is 437 g/mol. The number of barbiturate groups is 1. The lowest BCUT2D eigenvalue weighted by atomic mass is 10.1. The lowest BCUT2D eigenvalue weighted by Gasteiger charge is -2.28. The van der Waals surface area contributed by atoms with Crippen molar-refractivity contribution < 1.29 is 18.8 Å². The number of furan rings is 1. The maximum Gasteiger partial charge on any atom is 0.333 e. The van der Waals surface area contributed by atoms with E-state index in [0.29, 0.717) is 20.5 Å². The molecular weight excluding hydrogens is 424 g/mol. The highest BCUT2D eigenvalue weighted by molar-refractivity contribution is 9.10. The minimum absolute atomic E-state index is 0.154. The van der Waals surface area contributed by atoms with E-state index in [4.69, 9.17) is 4.42 Å². The Kier molecular flexibility index (Phi) is 4.97. The first-order valence-electron chi connectivity index (χ1n) is 7.36. The number of nitrogens with zero attached hydrogens (tertiary/aromatic N) is 4. The number of halogens is 1. The summed E-state index contributed by atoms with van der Waals surface area (Å²) in [6.07, 6.45) is 2.96. The van der Waals surface area contributed by atoms with E-state index in [0.717, 1.165) is 15.5 Å². The Morgan fingerprint density at radius 1 is 1.19 bits per heavy atom. The predicted molar refractivity (Wildman–Crippen MR) is 96.2 cm³/mol. The van der Waals surface area contributed by atoms with Gasteiger partial charge in [-0.1, -0.05) is 0 Å². The number of carbonyl (C=O) groups excluding carboxylic acids is 3. The number of hydrogen-bond acceptors (Lipinski definition) is 7. The van der Waals surface area contributed by atoms with Crippen molar-refractivity contribution in [2.45, 2.75) is 17.2 Å². The van der Waals surface area contributed by atoms with Crippen molar-refractivity contribution >= 4 is 51.6 Å². The second-order valence-corrected chi connectivity index (χ2v) is 7.23. The van der Waals surface area contributed by atoms with Crippen LogP contribution in [0.4, 0.5) is 4.79 Å². The highest BCUT2D eigenvalue weighted by atomic mass is 79.9. The molecule has 0 atom stereocenters. The summed E-state index contributed by atoms with van der Waals surface area (Å²) in [5.41, 5.74) is 0.667.